The molecule has 0 amide bonds. The van der Waals surface area contributed by atoms with Gasteiger partial charge in [0, 0.05) is 17.6 Å². The summed E-state index contributed by atoms with van der Waals surface area (Å²) in [6.45, 7) is 2.91. The Morgan fingerprint density at radius 3 is 2.50 bits per heavy atom. The third-order valence-corrected chi connectivity index (χ3v) is 3.94. The highest BCUT2D eigenvalue weighted by molar-refractivity contribution is 7.09. The van der Waals surface area contributed by atoms with Gasteiger partial charge in [0.1, 0.15) is 0 Å². The fourth-order valence-electron chi connectivity index (χ4n) is 1.91. The highest BCUT2D eigenvalue weighted by Crippen LogP contribution is 2.22. The maximum Gasteiger partial charge on any atom is 0.0787 e. The van der Waals surface area contributed by atoms with Gasteiger partial charge in [-0.1, -0.05) is 25.1 Å². The molecule has 3 heteroatoms. The number of benzene rings is 1. The molecule has 0 unspecified atom stereocenters. The maximum absolute atomic E-state index is 9.75. The second-order valence-corrected chi connectivity index (χ2v) is 5.48. The average Bonchev–Trinajstić information content (AvgIpc) is 2.91. The van der Waals surface area contributed by atoms with Gasteiger partial charge >= 0.3 is 0 Å². The molecule has 2 aromatic rings. The van der Waals surface area contributed by atoms with E-state index in [0.717, 1.165) is 18.5 Å². The zero-order valence-electron chi connectivity index (χ0n) is 10.8. The molecule has 0 saturated heterocycles. The Bertz CT molecular complexity index is 464. The highest BCUT2D eigenvalue weighted by atomic mass is 32.1. The van der Waals surface area contributed by atoms with Gasteiger partial charge in [-0.15, -0.1) is 11.3 Å². The molecule has 0 aliphatic carbocycles. The molecule has 1 atom stereocenters. The Morgan fingerprint density at radius 2 is 1.94 bits per heavy atom. The van der Waals surface area contributed by atoms with Gasteiger partial charge in [0.05, 0.1) is 12.6 Å². The van der Waals surface area contributed by atoms with Crippen LogP contribution in [0.5, 0.6) is 0 Å². The third kappa shape index (κ3) is 3.12. The predicted molar refractivity (Wildman–Crippen MR) is 78.1 cm³/mol. The highest BCUT2D eigenvalue weighted by Gasteiger charge is 2.06. The van der Waals surface area contributed by atoms with Crippen molar-refractivity contribution >= 4 is 17.0 Å². The molecular formula is C15H19NOS. The number of anilines is 1. The van der Waals surface area contributed by atoms with Crippen LogP contribution in [0, 0.1) is 0 Å². The molecule has 1 aromatic carbocycles. The minimum absolute atomic E-state index is 0.346. The lowest BCUT2D eigenvalue weighted by Gasteiger charge is -2.19. The van der Waals surface area contributed by atoms with Crippen LogP contribution in [0.25, 0.3) is 0 Å². The van der Waals surface area contributed by atoms with E-state index in [-0.39, 0.29) is 6.10 Å². The Hall–Kier alpha value is -1.32. The Balaban J connectivity index is 2.04. The second kappa shape index (κ2) is 6.03. The first-order valence-electron chi connectivity index (χ1n) is 6.22. The zero-order chi connectivity index (χ0) is 13.0. The molecule has 0 bridgehead atoms. The maximum atomic E-state index is 9.75. The van der Waals surface area contributed by atoms with Crippen molar-refractivity contribution in [3.8, 4) is 0 Å². The normalized spacial score (nSPS) is 12.4. The molecule has 0 saturated carbocycles. The Morgan fingerprint density at radius 1 is 1.22 bits per heavy atom. The van der Waals surface area contributed by atoms with E-state index >= 15 is 0 Å². The Labute approximate surface area is 113 Å². The van der Waals surface area contributed by atoms with E-state index in [1.807, 2.05) is 19.1 Å². The molecule has 18 heavy (non-hydrogen) atoms. The summed E-state index contributed by atoms with van der Waals surface area (Å²) in [6.07, 6.45) is 0.409. The lowest BCUT2D eigenvalue weighted by molar-refractivity contribution is 0.173. The van der Waals surface area contributed by atoms with E-state index in [2.05, 4.69) is 41.6 Å². The van der Waals surface area contributed by atoms with Gasteiger partial charge in [-0.05, 0) is 35.6 Å². The molecule has 0 radical (unpaired) electrons. The summed E-state index contributed by atoms with van der Waals surface area (Å²) in [5, 5.41) is 11.9. The van der Waals surface area contributed by atoms with Crippen LogP contribution in [0.15, 0.2) is 41.8 Å². The van der Waals surface area contributed by atoms with Crippen LogP contribution in [-0.2, 0) is 6.54 Å². The molecule has 0 fully saturated rings. The van der Waals surface area contributed by atoms with Crippen molar-refractivity contribution in [2.75, 3.05) is 11.9 Å². The number of rotatable bonds is 5. The fourth-order valence-corrected chi connectivity index (χ4v) is 2.67. The van der Waals surface area contributed by atoms with Crippen molar-refractivity contribution in [3.05, 3.63) is 52.2 Å². The molecule has 96 valence electrons. The number of nitrogens with zero attached hydrogens (tertiary/aromatic N) is 1. The van der Waals surface area contributed by atoms with Crippen molar-refractivity contribution in [3.63, 3.8) is 0 Å². The van der Waals surface area contributed by atoms with Crippen LogP contribution >= 0.6 is 11.3 Å². The first kappa shape index (κ1) is 13.1. The molecule has 0 aliphatic rings. The van der Waals surface area contributed by atoms with E-state index < -0.39 is 0 Å². The fraction of sp³-hybridized carbons (Fsp3) is 0.333. The first-order chi connectivity index (χ1) is 8.70. The summed E-state index contributed by atoms with van der Waals surface area (Å²) in [4.78, 5) is 3.57. The molecule has 2 rings (SSSR count). The van der Waals surface area contributed by atoms with Crippen LogP contribution in [0.2, 0.25) is 0 Å². The molecule has 1 aromatic heterocycles. The molecule has 0 aliphatic heterocycles. The van der Waals surface area contributed by atoms with Crippen LogP contribution in [0.3, 0.4) is 0 Å². The van der Waals surface area contributed by atoms with E-state index in [9.17, 15) is 5.11 Å². The van der Waals surface area contributed by atoms with Gasteiger partial charge in [0.15, 0.2) is 0 Å². The van der Waals surface area contributed by atoms with Crippen molar-refractivity contribution in [2.45, 2.75) is 26.0 Å². The number of aliphatic hydroxyl groups is 1. The van der Waals surface area contributed by atoms with Gasteiger partial charge in [0.25, 0.3) is 0 Å². The lowest BCUT2D eigenvalue weighted by atomic mass is 10.1. The smallest absolute Gasteiger partial charge is 0.0787 e. The number of hydrogen-bond acceptors (Lipinski definition) is 3. The predicted octanol–water partition coefficient (Wildman–Crippen LogP) is 3.83. The van der Waals surface area contributed by atoms with Crippen molar-refractivity contribution in [1.29, 1.82) is 0 Å². The van der Waals surface area contributed by atoms with Gasteiger partial charge in [0.2, 0.25) is 0 Å². The SMILES string of the molecule is CC[C@H](O)c1ccc(N(C)Cc2cccs2)cc1. The van der Waals surface area contributed by atoms with E-state index in [0.29, 0.717) is 0 Å². The molecule has 1 heterocycles. The number of hydrogen-bond donors (Lipinski definition) is 1. The first-order valence-corrected chi connectivity index (χ1v) is 7.10. The van der Waals surface area contributed by atoms with Crippen molar-refractivity contribution in [1.82, 2.24) is 0 Å². The summed E-state index contributed by atoms with van der Waals surface area (Å²) < 4.78 is 0. The van der Waals surface area contributed by atoms with Crippen LogP contribution < -0.4 is 4.90 Å². The largest absolute Gasteiger partial charge is 0.388 e. The quantitative estimate of drug-likeness (QED) is 0.884. The molecule has 0 spiro atoms. The lowest BCUT2D eigenvalue weighted by Crippen LogP contribution is -2.15. The average molecular weight is 261 g/mol. The monoisotopic (exact) mass is 261 g/mol. The van der Waals surface area contributed by atoms with Crippen molar-refractivity contribution in [2.24, 2.45) is 0 Å². The van der Waals surface area contributed by atoms with Gasteiger partial charge in [-0.25, -0.2) is 0 Å². The second-order valence-electron chi connectivity index (χ2n) is 4.45. The van der Waals surface area contributed by atoms with Crippen LogP contribution in [0.4, 0.5) is 5.69 Å². The van der Waals surface area contributed by atoms with E-state index in [1.165, 1.54) is 10.6 Å². The topological polar surface area (TPSA) is 23.5 Å². The Kier molecular flexibility index (Phi) is 4.39. The van der Waals surface area contributed by atoms with E-state index in [1.54, 1.807) is 11.3 Å². The van der Waals surface area contributed by atoms with Crippen molar-refractivity contribution < 1.29 is 5.11 Å². The summed E-state index contributed by atoms with van der Waals surface area (Å²) in [7, 11) is 2.09. The summed E-state index contributed by atoms with van der Waals surface area (Å²) in [6, 6.07) is 12.4. The number of thiophene rings is 1. The third-order valence-electron chi connectivity index (χ3n) is 3.08. The van der Waals surface area contributed by atoms with Gasteiger partial charge < -0.3 is 10.0 Å². The minimum atomic E-state index is -0.346. The van der Waals surface area contributed by atoms with Gasteiger partial charge in [-0.3, -0.25) is 0 Å². The van der Waals surface area contributed by atoms with Crippen LogP contribution in [-0.4, -0.2) is 12.2 Å². The molecule has 1 N–H and O–H groups in total. The standard InChI is InChI=1S/C15H19NOS/c1-3-15(17)12-6-8-13(9-7-12)16(2)11-14-5-4-10-18-14/h4-10,15,17H,3,11H2,1-2H3/t15-/m0/s1. The summed E-state index contributed by atoms with van der Waals surface area (Å²) in [5.41, 5.74) is 2.17. The number of aliphatic hydroxyl groups excluding tert-OH is 1. The zero-order valence-corrected chi connectivity index (χ0v) is 11.7. The van der Waals surface area contributed by atoms with Crippen LogP contribution in [0.1, 0.15) is 29.9 Å². The minimum Gasteiger partial charge on any atom is -0.388 e. The van der Waals surface area contributed by atoms with E-state index in [4.69, 9.17) is 0 Å². The molecular weight excluding hydrogens is 242 g/mol. The summed E-state index contributed by atoms with van der Waals surface area (Å²) >= 11 is 1.78. The summed E-state index contributed by atoms with van der Waals surface area (Å²) in [5.74, 6) is 0. The van der Waals surface area contributed by atoms with Gasteiger partial charge in [-0.2, -0.15) is 0 Å². The molecule has 2 nitrogen and oxygen atoms in total.